The van der Waals surface area contributed by atoms with E-state index >= 15 is 0 Å². The third kappa shape index (κ3) is 5.18. The Morgan fingerprint density at radius 3 is 2.41 bits per heavy atom. The Morgan fingerprint density at radius 1 is 1.11 bits per heavy atom. The molecule has 2 aromatic carbocycles. The van der Waals surface area contributed by atoms with Crippen molar-refractivity contribution in [3.8, 4) is 11.5 Å². The van der Waals surface area contributed by atoms with Crippen molar-refractivity contribution in [1.29, 1.82) is 0 Å². The number of carbonyl (C=O) groups is 2. The maximum absolute atomic E-state index is 12.4. The molecule has 2 rings (SSSR count). The summed E-state index contributed by atoms with van der Waals surface area (Å²) in [6, 6.07) is 7.19. The van der Waals surface area contributed by atoms with Crippen molar-refractivity contribution in [2.45, 2.75) is 20.0 Å². The van der Waals surface area contributed by atoms with Gasteiger partial charge in [0.2, 0.25) is 0 Å². The maximum atomic E-state index is 12.4. The molecule has 144 valence electrons. The second kappa shape index (κ2) is 8.83. The standard InChI is InChI=1S/C18H18Cl2N2O5/c1-9(2)27-16-14(20)6-10(7-15(16)26-3)17(23)22-21-11-4-5-13(19)12(8-11)18(24)25/h4-9,21H,1-3H3,(H,22,23)(H,24,25). The molecular formula is C18H18Cl2N2O5. The van der Waals surface area contributed by atoms with Crippen molar-refractivity contribution < 1.29 is 24.2 Å². The summed E-state index contributed by atoms with van der Waals surface area (Å²) in [6.45, 7) is 3.69. The Balaban J connectivity index is 2.18. The predicted molar refractivity (Wildman–Crippen MR) is 103 cm³/mol. The van der Waals surface area contributed by atoms with Gasteiger partial charge in [-0.15, -0.1) is 0 Å². The van der Waals surface area contributed by atoms with Crippen LogP contribution in [0.15, 0.2) is 30.3 Å². The lowest BCUT2D eigenvalue weighted by Crippen LogP contribution is -2.29. The lowest BCUT2D eigenvalue weighted by atomic mass is 10.2. The number of benzene rings is 2. The lowest BCUT2D eigenvalue weighted by Gasteiger charge is -2.16. The van der Waals surface area contributed by atoms with Crippen molar-refractivity contribution in [3.63, 3.8) is 0 Å². The third-order valence-corrected chi connectivity index (χ3v) is 3.97. The molecule has 0 unspecified atom stereocenters. The largest absolute Gasteiger partial charge is 0.493 e. The molecule has 0 saturated carbocycles. The van der Waals surface area contributed by atoms with Crippen molar-refractivity contribution >= 4 is 40.8 Å². The lowest BCUT2D eigenvalue weighted by molar-refractivity contribution is 0.0697. The van der Waals surface area contributed by atoms with E-state index in [9.17, 15) is 9.59 Å². The highest BCUT2D eigenvalue weighted by atomic mass is 35.5. The number of carbonyl (C=O) groups excluding carboxylic acids is 1. The van der Waals surface area contributed by atoms with Crippen molar-refractivity contribution in [2.24, 2.45) is 0 Å². The Bertz CT molecular complexity index is 871. The average molecular weight is 413 g/mol. The fourth-order valence-electron chi connectivity index (χ4n) is 2.17. The topological polar surface area (TPSA) is 96.9 Å². The van der Waals surface area contributed by atoms with Crippen LogP contribution in [0.5, 0.6) is 11.5 Å². The molecule has 0 heterocycles. The molecule has 0 aromatic heterocycles. The minimum absolute atomic E-state index is 0.0872. The fraction of sp³-hybridized carbons (Fsp3) is 0.222. The molecule has 0 saturated heterocycles. The molecule has 0 aliphatic carbocycles. The Kier molecular flexibility index (Phi) is 6.76. The summed E-state index contributed by atoms with van der Waals surface area (Å²) >= 11 is 12.0. The number of aromatic carboxylic acids is 1. The number of anilines is 1. The molecule has 0 spiro atoms. The molecule has 0 aliphatic rings. The minimum atomic E-state index is -1.17. The van der Waals surface area contributed by atoms with E-state index in [2.05, 4.69) is 10.9 Å². The highest BCUT2D eigenvalue weighted by Crippen LogP contribution is 2.37. The molecule has 0 bridgehead atoms. The van der Waals surface area contributed by atoms with Crippen LogP contribution in [0.3, 0.4) is 0 Å². The molecule has 0 aliphatic heterocycles. The van der Waals surface area contributed by atoms with Crippen LogP contribution >= 0.6 is 23.2 Å². The van der Waals surface area contributed by atoms with Gasteiger partial charge in [0.25, 0.3) is 5.91 Å². The van der Waals surface area contributed by atoms with E-state index in [1.165, 1.54) is 37.4 Å². The van der Waals surface area contributed by atoms with Gasteiger partial charge in [0.1, 0.15) is 0 Å². The number of halogens is 2. The zero-order valence-corrected chi connectivity index (χ0v) is 16.3. The van der Waals surface area contributed by atoms with Crippen LogP contribution in [0.2, 0.25) is 10.0 Å². The molecule has 2 aromatic rings. The van der Waals surface area contributed by atoms with E-state index in [4.69, 9.17) is 37.8 Å². The summed E-state index contributed by atoms with van der Waals surface area (Å²) in [5.74, 6) is -1.01. The molecule has 9 heteroatoms. The van der Waals surface area contributed by atoms with Gasteiger partial charge in [-0.05, 0) is 44.2 Å². The van der Waals surface area contributed by atoms with E-state index in [-0.39, 0.29) is 27.3 Å². The van der Waals surface area contributed by atoms with Gasteiger partial charge >= 0.3 is 5.97 Å². The van der Waals surface area contributed by atoms with Gasteiger partial charge in [-0.3, -0.25) is 15.6 Å². The zero-order valence-electron chi connectivity index (χ0n) is 14.8. The number of hydrogen-bond donors (Lipinski definition) is 3. The first-order valence-electron chi connectivity index (χ1n) is 7.86. The number of nitrogens with one attached hydrogen (secondary N) is 2. The number of ether oxygens (including phenoxy) is 2. The van der Waals surface area contributed by atoms with Gasteiger partial charge in [-0.25, -0.2) is 4.79 Å². The van der Waals surface area contributed by atoms with Crippen LogP contribution in [0.25, 0.3) is 0 Å². The summed E-state index contributed by atoms with van der Waals surface area (Å²) < 4.78 is 10.9. The second-order valence-corrected chi connectivity index (χ2v) is 6.55. The Hall–Kier alpha value is -2.64. The Labute approximate surface area is 166 Å². The van der Waals surface area contributed by atoms with E-state index < -0.39 is 11.9 Å². The van der Waals surface area contributed by atoms with Gasteiger partial charge in [0.15, 0.2) is 11.5 Å². The summed E-state index contributed by atoms with van der Waals surface area (Å²) in [6.07, 6.45) is -0.119. The van der Waals surface area contributed by atoms with E-state index in [0.717, 1.165) is 0 Å². The number of hydrogen-bond acceptors (Lipinski definition) is 5. The van der Waals surface area contributed by atoms with Gasteiger partial charge in [-0.1, -0.05) is 23.2 Å². The molecule has 1 amide bonds. The highest BCUT2D eigenvalue weighted by molar-refractivity contribution is 6.33. The van der Waals surface area contributed by atoms with E-state index in [1.54, 1.807) is 0 Å². The minimum Gasteiger partial charge on any atom is -0.493 e. The summed E-state index contributed by atoms with van der Waals surface area (Å²) in [7, 11) is 1.44. The van der Waals surface area contributed by atoms with E-state index in [1.807, 2.05) is 13.8 Å². The number of hydrazine groups is 1. The average Bonchev–Trinajstić information content (AvgIpc) is 2.61. The molecule has 0 radical (unpaired) electrons. The first kappa shape index (κ1) is 20.7. The molecular weight excluding hydrogens is 395 g/mol. The highest BCUT2D eigenvalue weighted by Gasteiger charge is 2.17. The quantitative estimate of drug-likeness (QED) is 0.588. The Morgan fingerprint density at radius 2 is 1.81 bits per heavy atom. The number of carboxylic acids is 1. The van der Waals surface area contributed by atoms with Crippen molar-refractivity contribution in [2.75, 3.05) is 12.5 Å². The number of amides is 1. The van der Waals surface area contributed by atoms with E-state index in [0.29, 0.717) is 17.2 Å². The number of methoxy groups -OCH3 is 1. The maximum Gasteiger partial charge on any atom is 0.337 e. The zero-order chi connectivity index (χ0) is 20.1. The third-order valence-electron chi connectivity index (χ3n) is 3.36. The van der Waals surface area contributed by atoms with Gasteiger partial charge in [0, 0.05) is 5.56 Å². The van der Waals surface area contributed by atoms with Crippen LogP contribution in [-0.4, -0.2) is 30.2 Å². The summed E-state index contributed by atoms with van der Waals surface area (Å²) in [5.41, 5.74) is 5.58. The molecule has 27 heavy (non-hydrogen) atoms. The predicted octanol–water partition coefficient (Wildman–Crippen LogP) is 4.24. The van der Waals surface area contributed by atoms with Crippen LogP contribution in [0.4, 0.5) is 5.69 Å². The van der Waals surface area contributed by atoms with Crippen molar-refractivity contribution in [3.05, 3.63) is 51.5 Å². The molecule has 0 fully saturated rings. The fourth-order valence-corrected chi connectivity index (χ4v) is 2.62. The summed E-state index contributed by atoms with van der Waals surface area (Å²) in [5, 5.41) is 9.41. The number of rotatable bonds is 7. The van der Waals surface area contributed by atoms with Gasteiger partial charge in [-0.2, -0.15) is 0 Å². The smallest absolute Gasteiger partial charge is 0.337 e. The van der Waals surface area contributed by atoms with Crippen LogP contribution in [-0.2, 0) is 0 Å². The SMILES string of the molecule is COc1cc(C(=O)NNc2ccc(Cl)c(C(=O)O)c2)cc(Cl)c1OC(C)C. The van der Waals surface area contributed by atoms with Crippen LogP contribution in [0, 0.1) is 0 Å². The van der Waals surface area contributed by atoms with Crippen LogP contribution < -0.4 is 20.3 Å². The van der Waals surface area contributed by atoms with Crippen molar-refractivity contribution in [1.82, 2.24) is 5.43 Å². The summed E-state index contributed by atoms with van der Waals surface area (Å²) in [4.78, 5) is 23.5. The molecule has 3 N–H and O–H groups in total. The molecule has 7 nitrogen and oxygen atoms in total. The molecule has 0 atom stereocenters. The van der Waals surface area contributed by atoms with Gasteiger partial charge < -0.3 is 14.6 Å². The van der Waals surface area contributed by atoms with Gasteiger partial charge in [0.05, 0.1) is 34.5 Å². The second-order valence-electron chi connectivity index (χ2n) is 5.73. The first-order chi connectivity index (χ1) is 12.7. The number of carboxylic acid groups (broad SMARTS) is 1. The normalized spacial score (nSPS) is 10.4. The monoisotopic (exact) mass is 412 g/mol. The van der Waals surface area contributed by atoms with Crippen LogP contribution in [0.1, 0.15) is 34.6 Å². The first-order valence-corrected chi connectivity index (χ1v) is 8.62.